The molecule has 0 bridgehead atoms. The van der Waals surface area contributed by atoms with Crippen molar-refractivity contribution in [2.45, 2.75) is 24.5 Å². The van der Waals surface area contributed by atoms with Gasteiger partial charge in [-0.25, -0.2) is 4.98 Å². The number of aromatic nitrogens is 4. The molecule has 22 heavy (non-hydrogen) atoms. The predicted octanol–water partition coefficient (Wildman–Crippen LogP) is -2.71. The summed E-state index contributed by atoms with van der Waals surface area (Å²) >= 11 is 0. The minimum atomic E-state index is -1.39. The molecule has 0 aromatic carbocycles. The van der Waals surface area contributed by atoms with E-state index in [9.17, 15) is 15.0 Å². The van der Waals surface area contributed by atoms with E-state index in [1.165, 1.54) is 4.57 Å². The highest BCUT2D eigenvalue weighted by atomic mass is 16.6. The van der Waals surface area contributed by atoms with Crippen molar-refractivity contribution in [3.8, 4) is 12.3 Å². The van der Waals surface area contributed by atoms with Crippen LogP contribution in [-0.2, 0) is 4.74 Å². The first-order valence-corrected chi connectivity index (χ1v) is 6.34. The highest BCUT2D eigenvalue weighted by Crippen LogP contribution is 2.32. The molecule has 4 atom stereocenters. The van der Waals surface area contributed by atoms with E-state index in [0.29, 0.717) is 0 Å². The Morgan fingerprint density at radius 1 is 1.41 bits per heavy atom. The molecule has 1 aliphatic rings. The van der Waals surface area contributed by atoms with Gasteiger partial charge in [-0.15, -0.1) is 6.42 Å². The number of ether oxygens (including phenoxy) is 1. The van der Waals surface area contributed by atoms with Gasteiger partial charge in [-0.3, -0.25) is 14.3 Å². The van der Waals surface area contributed by atoms with Gasteiger partial charge in [0.15, 0.2) is 23.2 Å². The summed E-state index contributed by atoms with van der Waals surface area (Å²) in [4.78, 5) is 22.0. The van der Waals surface area contributed by atoms with E-state index < -0.39 is 36.7 Å². The van der Waals surface area contributed by atoms with Crippen molar-refractivity contribution < 1.29 is 20.1 Å². The quantitative estimate of drug-likeness (QED) is 0.374. The van der Waals surface area contributed by atoms with Crippen LogP contribution in [0.4, 0.5) is 5.95 Å². The smallest absolute Gasteiger partial charge is 0.280 e. The Morgan fingerprint density at radius 3 is 2.73 bits per heavy atom. The van der Waals surface area contributed by atoms with Crippen LogP contribution in [0.15, 0.2) is 4.79 Å². The van der Waals surface area contributed by atoms with Crippen LogP contribution >= 0.6 is 0 Å². The number of anilines is 1. The molecule has 2 aromatic heterocycles. The summed E-state index contributed by atoms with van der Waals surface area (Å²) in [6, 6.07) is 0. The van der Waals surface area contributed by atoms with Crippen molar-refractivity contribution in [2.24, 2.45) is 0 Å². The van der Waals surface area contributed by atoms with Gasteiger partial charge in [0.2, 0.25) is 5.95 Å². The molecule has 6 N–H and O–H groups in total. The first-order chi connectivity index (χ1) is 10.5. The van der Waals surface area contributed by atoms with Crippen LogP contribution < -0.4 is 11.3 Å². The molecule has 0 aliphatic carbocycles. The zero-order chi connectivity index (χ0) is 16.0. The molecule has 0 unspecified atom stereocenters. The zero-order valence-electron chi connectivity index (χ0n) is 11.2. The topological polar surface area (TPSA) is 160 Å². The first-order valence-electron chi connectivity index (χ1n) is 6.34. The van der Waals surface area contributed by atoms with Crippen molar-refractivity contribution in [1.29, 1.82) is 0 Å². The van der Waals surface area contributed by atoms with E-state index in [1.54, 1.807) is 0 Å². The van der Waals surface area contributed by atoms with Crippen molar-refractivity contribution in [3.05, 3.63) is 16.2 Å². The summed E-state index contributed by atoms with van der Waals surface area (Å²) in [6.07, 6.45) is 0.503. The molecule has 1 fully saturated rings. The van der Waals surface area contributed by atoms with Crippen LogP contribution in [0.1, 0.15) is 12.1 Å². The molecule has 116 valence electrons. The van der Waals surface area contributed by atoms with E-state index >= 15 is 0 Å². The average Bonchev–Trinajstić information content (AvgIpc) is 2.98. The highest BCUT2D eigenvalue weighted by Gasteiger charge is 2.44. The van der Waals surface area contributed by atoms with E-state index in [0.717, 1.165) is 0 Å². The number of nitrogens with two attached hydrogens (primary N) is 1. The van der Waals surface area contributed by atoms with Gasteiger partial charge in [0.1, 0.15) is 18.3 Å². The number of hydrogen-bond donors (Lipinski definition) is 5. The molecular formula is C12H13N5O5. The fourth-order valence-electron chi connectivity index (χ4n) is 2.44. The Kier molecular flexibility index (Phi) is 3.34. The largest absolute Gasteiger partial charge is 0.394 e. The minimum absolute atomic E-state index is 0.0176. The summed E-state index contributed by atoms with van der Waals surface area (Å²) in [7, 11) is 0. The number of aliphatic hydroxyl groups excluding tert-OH is 3. The summed E-state index contributed by atoms with van der Waals surface area (Å²) in [5, 5.41) is 29.1. The average molecular weight is 307 g/mol. The van der Waals surface area contributed by atoms with Crippen LogP contribution in [0.3, 0.4) is 0 Å². The predicted molar refractivity (Wildman–Crippen MR) is 73.5 cm³/mol. The second kappa shape index (κ2) is 5.08. The van der Waals surface area contributed by atoms with Crippen molar-refractivity contribution in [2.75, 3.05) is 12.3 Å². The molecule has 0 radical (unpaired) electrons. The number of imidazole rings is 1. The molecular weight excluding hydrogens is 294 g/mol. The number of nitrogen functional groups attached to an aromatic ring is 1. The first kappa shape index (κ1) is 14.5. The fourth-order valence-corrected chi connectivity index (χ4v) is 2.44. The lowest BCUT2D eigenvalue weighted by atomic mass is 10.1. The van der Waals surface area contributed by atoms with E-state index in [2.05, 4.69) is 20.9 Å². The van der Waals surface area contributed by atoms with Crippen molar-refractivity contribution in [1.82, 2.24) is 19.5 Å². The zero-order valence-corrected chi connectivity index (χ0v) is 11.2. The maximum atomic E-state index is 11.8. The van der Waals surface area contributed by atoms with Crippen LogP contribution in [0.25, 0.3) is 11.2 Å². The van der Waals surface area contributed by atoms with Crippen LogP contribution in [0.5, 0.6) is 0 Å². The summed E-state index contributed by atoms with van der Waals surface area (Å²) in [5.41, 5.74) is 4.86. The monoisotopic (exact) mass is 307 g/mol. The Hall–Kier alpha value is -2.45. The molecule has 3 rings (SSSR count). The summed E-state index contributed by atoms with van der Waals surface area (Å²) < 4.78 is 6.59. The maximum Gasteiger partial charge on any atom is 0.280 e. The molecule has 10 nitrogen and oxygen atoms in total. The van der Waals surface area contributed by atoms with E-state index in [1.807, 2.05) is 0 Å². The van der Waals surface area contributed by atoms with Gasteiger partial charge in [-0.05, 0) is 5.92 Å². The van der Waals surface area contributed by atoms with Crippen molar-refractivity contribution >= 4 is 17.1 Å². The highest BCUT2D eigenvalue weighted by molar-refractivity contribution is 5.72. The molecule has 0 spiro atoms. The Balaban J connectivity index is 2.23. The molecule has 2 aromatic rings. The van der Waals surface area contributed by atoms with Crippen LogP contribution in [0, 0.1) is 12.3 Å². The van der Waals surface area contributed by atoms with Gasteiger partial charge >= 0.3 is 0 Å². The lowest BCUT2D eigenvalue weighted by Gasteiger charge is -2.17. The molecule has 1 aliphatic heterocycles. The molecule has 1 saturated heterocycles. The van der Waals surface area contributed by atoms with Gasteiger partial charge in [0.25, 0.3) is 5.56 Å². The number of fused-ring (bicyclic) bond motifs is 1. The number of aromatic amines is 1. The lowest BCUT2D eigenvalue weighted by molar-refractivity contribution is -0.0514. The van der Waals surface area contributed by atoms with Gasteiger partial charge in [0.05, 0.1) is 6.61 Å². The molecule has 10 heteroatoms. The molecule has 0 saturated carbocycles. The third kappa shape index (κ3) is 1.96. The second-order valence-corrected chi connectivity index (χ2v) is 4.80. The van der Waals surface area contributed by atoms with Gasteiger partial charge in [-0.1, -0.05) is 0 Å². The Morgan fingerprint density at radius 2 is 2.14 bits per heavy atom. The van der Waals surface area contributed by atoms with Gasteiger partial charge < -0.3 is 25.8 Å². The SMILES string of the molecule is C#Cc1nc2c(=O)[nH]c(N)nc2n1[C@@H]1O[C@H](CO)[C@@H](O)[C@H]1O. The number of hydrogen-bond acceptors (Lipinski definition) is 8. The Labute approximate surface area is 123 Å². The molecule has 0 amide bonds. The van der Waals surface area contributed by atoms with Gasteiger partial charge in [0, 0.05) is 0 Å². The fraction of sp³-hybridized carbons (Fsp3) is 0.417. The maximum absolute atomic E-state index is 11.8. The third-order valence-electron chi connectivity index (χ3n) is 3.47. The van der Waals surface area contributed by atoms with Crippen LogP contribution in [0.2, 0.25) is 0 Å². The number of rotatable bonds is 2. The summed E-state index contributed by atoms with van der Waals surface area (Å²) in [5.74, 6) is 2.08. The number of aliphatic hydroxyl groups is 3. The summed E-state index contributed by atoms with van der Waals surface area (Å²) in [6.45, 7) is -0.497. The Bertz CT molecular complexity index is 822. The molecule has 3 heterocycles. The van der Waals surface area contributed by atoms with Crippen molar-refractivity contribution in [3.63, 3.8) is 0 Å². The van der Waals surface area contributed by atoms with E-state index in [4.69, 9.17) is 22.0 Å². The number of nitrogens with zero attached hydrogens (tertiary/aromatic N) is 3. The number of nitrogens with one attached hydrogen (secondary N) is 1. The van der Waals surface area contributed by atoms with E-state index in [-0.39, 0.29) is 22.9 Å². The third-order valence-corrected chi connectivity index (χ3v) is 3.47. The van der Waals surface area contributed by atoms with Gasteiger partial charge in [-0.2, -0.15) is 4.98 Å². The second-order valence-electron chi connectivity index (χ2n) is 4.80. The number of H-pyrrole nitrogens is 1. The number of terminal acetylenes is 1. The lowest BCUT2D eigenvalue weighted by Crippen LogP contribution is -2.33. The van der Waals surface area contributed by atoms with Crippen LogP contribution in [-0.4, -0.2) is 59.8 Å². The standard InChI is InChI=1S/C12H13N5O5/c1-2-5-14-6-9(15-12(13)16-10(6)21)17(5)11-8(20)7(19)4(3-18)22-11/h1,4,7-8,11,18-20H,3H2,(H3,13,15,16,21)/t4-,7-,8-,11-/m1/s1. The normalized spacial score (nSPS) is 28.1. The minimum Gasteiger partial charge on any atom is -0.394 e.